The second-order valence-electron chi connectivity index (χ2n) is 7.11. The molecule has 120 valence electrons. The van der Waals surface area contributed by atoms with Gasteiger partial charge in [-0.15, -0.1) is 0 Å². The van der Waals surface area contributed by atoms with Crippen molar-refractivity contribution in [3.63, 3.8) is 0 Å². The SMILES string of the molecule is Cc1nccnc1N1CCCC2(CCC(=O)N(C(C)C)C2)C1. The summed E-state index contributed by atoms with van der Waals surface area (Å²) in [5.41, 5.74) is 1.22. The lowest BCUT2D eigenvalue weighted by Crippen LogP contribution is -2.55. The molecule has 1 amide bonds. The van der Waals surface area contributed by atoms with E-state index < -0.39 is 0 Å². The summed E-state index contributed by atoms with van der Waals surface area (Å²) in [6.45, 7) is 9.17. The maximum atomic E-state index is 12.2. The number of aryl methyl sites for hydroxylation is 1. The Kier molecular flexibility index (Phi) is 4.06. The summed E-state index contributed by atoms with van der Waals surface area (Å²) in [5.74, 6) is 1.32. The monoisotopic (exact) mass is 302 g/mol. The molecule has 1 spiro atoms. The summed E-state index contributed by atoms with van der Waals surface area (Å²) >= 11 is 0. The Hall–Kier alpha value is -1.65. The van der Waals surface area contributed by atoms with Crippen molar-refractivity contribution in [2.75, 3.05) is 24.5 Å². The molecule has 1 aromatic heterocycles. The van der Waals surface area contributed by atoms with Crippen LogP contribution in [0.4, 0.5) is 5.82 Å². The van der Waals surface area contributed by atoms with Crippen molar-refractivity contribution < 1.29 is 4.79 Å². The molecule has 5 heteroatoms. The molecule has 0 aliphatic carbocycles. The fraction of sp³-hybridized carbons (Fsp3) is 0.706. The topological polar surface area (TPSA) is 49.3 Å². The summed E-state index contributed by atoms with van der Waals surface area (Å²) in [7, 11) is 0. The number of carbonyl (C=O) groups is 1. The lowest BCUT2D eigenvalue weighted by Gasteiger charge is -2.49. The van der Waals surface area contributed by atoms with Crippen LogP contribution in [0.15, 0.2) is 12.4 Å². The van der Waals surface area contributed by atoms with Crippen LogP contribution in [0.1, 0.15) is 45.2 Å². The third-order valence-corrected chi connectivity index (χ3v) is 5.13. The van der Waals surface area contributed by atoms with E-state index in [1.807, 2.05) is 6.92 Å². The number of hydrogen-bond acceptors (Lipinski definition) is 4. The highest BCUT2D eigenvalue weighted by atomic mass is 16.2. The first-order chi connectivity index (χ1) is 10.5. The lowest BCUT2D eigenvalue weighted by atomic mass is 9.73. The molecule has 3 heterocycles. The van der Waals surface area contributed by atoms with E-state index in [9.17, 15) is 4.79 Å². The minimum atomic E-state index is 0.223. The Bertz CT molecular complexity index is 559. The first-order valence-electron chi connectivity index (χ1n) is 8.33. The number of nitrogens with zero attached hydrogens (tertiary/aromatic N) is 4. The van der Waals surface area contributed by atoms with Gasteiger partial charge in [0.15, 0.2) is 0 Å². The molecule has 1 unspecified atom stereocenters. The Labute approximate surface area is 132 Å². The molecular formula is C17H26N4O. The summed E-state index contributed by atoms with van der Waals surface area (Å²) in [6, 6.07) is 0.290. The van der Waals surface area contributed by atoms with Crippen molar-refractivity contribution in [1.82, 2.24) is 14.9 Å². The average Bonchev–Trinajstić information content (AvgIpc) is 2.50. The third kappa shape index (κ3) is 2.81. The first kappa shape index (κ1) is 15.3. The van der Waals surface area contributed by atoms with Gasteiger partial charge in [0.2, 0.25) is 5.91 Å². The number of piperidine rings is 2. The van der Waals surface area contributed by atoms with Crippen molar-refractivity contribution in [1.29, 1.82) is 0 Å². The number of anilines is 1. The quantitative estimate of drug-likeness (QED) is 0.842. The van der Waals surface area contributed by atoms with Crippen LogP contribution in [0.5, 0.6) is 0 Å². The molecule has 0 radical (unpaired) electrons. The Balaban J connectivity index is 1.80. The molecule has 2 aliphatic heterocycles. The molecule has 3 rings (SSSR count). The summed E-state index contributed by atoms with van der Waals surface area (Å²) in [6.07, 6.45) is 7.58. The zero-order chi connectivity index (χ0) is 15.7. The third-order valence-electron chi connectivity index (χ3n) is 5.13. The molecule has 0 bridgehead atoms. The largest absolute Gasteiger partial charge is 0.354 e. The molecule has 2 aliphatic rings. The fourth-order valence-corrected chi connectivity index (χ4v) is 3.95. The smallest absolute Gasteiger partial charge is 0.222 e. The molecule has 0 aromatic carbocycles. The Morgan fingerprint density at radius 1 is 1.18 bits per heavy atom. The zero-order valence-corrected chi connectivity index (χ0v) is 13.9. The van der Waals surface area contributed by atoms with Crippen LogP contribution in [0.3, 0.4) is 0 Å². The van der Waals surface area contributed by atoms with Crippen LogP contribution >= 0.6 is 0 Å². The van der Waals surface area contributed by atoms with E-state index in [1.54, 1.807) is 12.4 Å². The van der Waals surface area contributed by atoms with E-state index in [0.29, 0.717) is 18.4 Å². The molecule has 2 fully saturated rings. The maximum Gasteiger partial charge on any atom is 0.222 e. The minimum absolute atomic E-state index is 0.223. The normalized spacial score (nSPS) is 26.1. The minimum Gasteiger partial charge on any atom is -0.354 e. The molecule has 0 saturated carbocycles. The van der Waals surface area contributed by atoms with Gasteiger partial charge in [0, 0.05) is 49.9 Å². The van der Waals surface area contributed by atoms with Crippen molar-refractivity contribution in [2.45, 2.75) is 52.5 Å². The van der Waals surface area contributed by atoms with E-state index in [4.69, 9.17) is 0 Å². The average molecular weight is 302 g/mol. The van der Waals surface area contributed by atoms with Gasteiger partial charge in [-0.3, -0.25) is 9.78 Å². The highest BCUT2D eigenvalue weighted by molar-refractivity contribution is 5.77. The first-order valence-corrected chi connectivity index (χ1v) is 8.33. The van der Waals surface area contributed by atoms with Crippen molar-refractivity contribution >= 4 is 11.7 Å². The van der Waals surface area contributed by atoms with Gasteiger partial charge in [-0.1, -0.05) is 0 Å². The fourth-order valence-electron chi connectivity index (χ4n) is 3.95. The number of rotatable bonds is 2. The van der Waals surface area contributed by atoms with Gasteiger partial charge in [0.05, 0.1) is 5.69 Å². The second-order valence-corrected chi connectivity index (χ2v) is 7.11. The van der Waals surface area contributed by atoms with E-state index in [0.717, 1.165) is 44.0 Å². The Morgan fingerprint density at radius 2 is 1.95 bits per heavy atom. The van der Waals surface area contributed by atoms with Gasteiger partial charge in [-0.05, 0) is 40.0 Å². The zero-order valence-electron chi connectivity index (χ0n) is 13.9. The van der Waals surface area contributed by atoms with Crippen molar-refractivity contribution in [2.24, 2.45) is 5.41 Å². The van der Waals surface area contributed by atoms with Crippen LogP contribution in [0.2, 0.25) is 0 Å². The summed E-state index contributed by atoms with van der Waals surface area (Å²) < 4.78 is 0. The highest BCUT2D eigenvalue weighted by Crippen LogP contribution is 2.40. The van der Waals surface area contributed by atoms with Crippen LogP contribution in [0, 0.1) is 12.3 Å². The summed E-state index contributed by atoms with van der Waals surface area (Å²) in [5, 5.41) is 0. The number of hydrogen-bond donors (Lipinski definition) is 0. The van der Waals surface area contributed by atoms with Crippen molar-refractivity contribution in [3.8, 4) is 0 Å². The van der Waals surface area contributed by atoms with Gasteiger partial charge in [-0.2, -0.15) is 0 Å². The predicted molar refractivity (Wildman–Crippen MR) is 86.7 cm³/mol. The molecule has 0 N–H and O–H groups in total. The standard InChI is InChI=1S/C17H26N4O/c1-13(2)21-12-17(7-5-15(21)22)6-4-10-20(11-17)16-14(3)18-8-9-19-16/h8-9,13H,4-7,10-12H2,1-3H3. The maximum absolute atomic E-state index is 12.2. The molecule has 1 aromatic rings. The van der Waals surface area contributed by atoms with Gasteiger partial charge in [-0.25, -0.2) is 4.98 Å². The molecular weight excluding hydrogens is 276 g/mol. The predicted octanol–water partition coefficient (Wildman–Crippen LogP) is 2.40. The molecule has 1 atom stereocenters. The van der Waals surface area contributed by atoms with Crippen LogP contribution in [0.25, 0.3) is 0 Å². The molecule has 22 heavy (non-hydrogen) atoms. The van der Waals surface area contributed by atoms with Crippen LogP contribution in [-0.4, -0.2) is 46.5 Å². The van der Waals surface area contributed by atoms with E-state index in [2.05, 4.69) is 33.6 Å². The molecule has 5 nitrogen and oxygen atoms in total. The number of amides is 1. The Morgan fingerprint density at radius 3 is 2.68 bits per heavy atom. The van der Waals surface area contributed by atoms with Gasteiger partial charge < -0.3 is 9.80 Å². The molecule has 2 saturated heterocycles. The van der Waals surface area contributed by atoms with Gasteiger partial charge in [0.1, 0.15) is 5.82 Å². The number of aromatic nitrogens is 2. The second kappa shape index (κ2) is 5.86. The van der Waals surface area contributed by atoms with Crippen LogP contribution in [-0.2, 0) is 4.79 Å². The van der Waals surface area contributed by atoms with E-state index >= 15 is 0 Å². The lowest BCUT2D eigenvalue weighted by molar-refractivity contribution is -0.140. The van der Waals surface area contributed by atoms with Gasteiger partial charge >= 0.3 is 0 Å². The van der Waals surface area contributed by atoms with Gasteiger partial charge in [0.25, 0.3) is 0 Å². The van der Waals surface area contributed by atoms with Crippen molar-refractivity contribution in [3.05, 3.63) is 18.1 Å². The number of likely N-dealkylation sites (tertiary alicyclic amines) is 1. The van der Waals surface area contributed by atoms with E-state index in [-0.39, 0.29) is 5.41 Å². The number of carbonyl (C=O) groups excluding carboxylic acids is 1. The van der Waals surface area contributed by atoms with Crippen LogP contribution < -0.4 is 4.90 Å². The summed E-state index contributed by atoms with van der Waals surface area (Å²) in [4.78, 5) is 25.5. The highest BCUT2D eigenvalue weighted by Gasteiger charge is 2.42. The van der Waals surface area contributed by atoms with E-state index in [1.165, 1.54) is 6.42 Å².